The number of hydrogen-bond acceptors (Lipinski definition) is 6. The highest BCUT2D eigenvalue weighted by Gasteiger charge is 2.35. The van der Waals surface area contributed by atoms with Gasteiger partial charge in [-0.25, -0.2) is 4.79 Å². The quantitative estimate of drug-likeness (QED) is 0.326. The summed E-state index contributed by atoms with van der Waals surface area (Å²) in [5.41, 5.74) is 4.47. The molecule has 2 saturated heterocycles. The van der Waals surface area contributed by atoms with Crippen molar-refractivity contribution < 1.29 is 24.1 Å². The van der Waals surface area contributed by atoms with E-state index < -0.39 is 6.29 Å². The highest BCUT2D eigenvalue weighted by molar-refractivity contribution is 5.89. The van der Waals surface area contributed by atoms with Gasteiger partial charge < -0.3 is 30.0 Å². The molecule has 4 atom stereocenters. The van der Waals surface area contributed by atoms with Crippen molar-refractivity contribution in [3.05, 3.63) is 101 Å². The molecule has 0 unspecified atom stereocenters. The lowest BCUT2D eigenvalue weighted by Gasteiger charge is -2.39. The summed E-state index contributed by atoms with van der Waals surface area (Å²) in [5.74, 6) is 0. The Bertz CT molecular complexity index is 1220. The Morgan fingerprint density at radius 1 is 1.00 bits per heavy atom. The summed E-state index contributed by atoms with van der Waals surface area (Å²) >= 11 is 0. The van der Waals surface area contributed by atoms with Crippen molar-refractivity contribution >= 4 is 11.7 Å². The van der Waals surface area contributed by atoms with Gasteiger partial charge >= 0.3 is 6.03 Å². The topological polar surface area (TPSA) is 92.3 Å². The van der Waals surface area contributed by atoms with Crippen molar-refractivity contribution in [1.82, 2.24) is 10.2 Å². The van der Waals surface area contributed by atoms with Gasteiger partial charge in [0.2, 0.25) is 0 Å². The summed E-state index contributed by atoms with van der Waals surface area (Å²) < 4.78 is 18.5. The van der Waals surface area contributed by atoms with E-state index >= 15 is 0 Å². The molecule has 40 heavy (non-hydrogen) atoms. The fourth-order valence-electron chi connectivity index (χ4n) is 5.53. The number of aliphatic hydroxyl groups is 1. The van der Waals surface area contributed by atoms with Crippen LogP contribution in [0.4, 0.5) is 10.5 Å². The predicted molar refractivity (Wildman–Crippen MR) is 154 cm³/mol. The first-order valence-corrected chi connectivity index (χ1v) is 14.0. The zero-order chi connectivity index (χ0) is 27.7. The van der Waals surface area contributed by atoms with E-state index in [-0.39, 0.29) is 24.8 Å². The monoisotopic (exact) mass is 545 g/mol. The number of rotatable bonds is 10. The molecule has 0 saturated carbocycles. The minimum absolute atomic E-state index is 0.00866. The molecule has 0 bridgehead atoms. The average Bonchev–Trinajstić information content (AvgIpc) is 3.43. The summed E-state index contributed by atoms with van der Waals surface area (Å²) in [7, 11) is 1.76. The Labute approximate surface area is 236 Å². The molecule has 3 aromatic rings. The number of aliphatic hydroxyl groups excluding tert-OH is 1. The normalized spacial score (nSPS) is 23.1. The Balaban J connectivity index is 1.29. The van der Waals surface area contributed by atoms with Gasteiger partial charge in [-0.1, -0.05) is 66.7 Å². The van der Waals surface area contributed by atoms with Crippen LogP contribution in [0.15, 0.2) is 78.9 Å². The van der Waals surface area contributed by atoms with E-state index in [1.165, 1.54) is 0 Å². The fraction of sp³-hybridized carbons (Fsp3) is 0.406. The SMILES string of the molecule is COC[C@@H]1CCCN1C[C@@H]1C[C@H](c2ccc(CO)cc2)O[C@H](c2cccc(NC(=O)NCc3ccccc3)c2)O1. The van der Waals surface area contributed by atoms with Crippen molar-refractivity contribution in [3.8, 4) is 0 Å². The maximum Gasteiger partial charge on any atom is 0.319 e. The Hall–Kier alpha value is -3.27. The van der Waals surface area contributed by atoms with Gasteiger partial charge in [-0.05, 0) is 48.2 Å². The number of hydrogen-bond donors (Lipinski definition) is 3. The lowest BCUT2D eigenvalue weighted by atomic mass is 9.99. The molecular formula is C32H39N3O5. The number of nitrogens with zero attached hydrogens (tertiary/aromatic N) is 1. The molecule has 2 amide bonds. The molecule has 0 radical (unpaired) electrons. The van der Waals surface area contributed by atoms with E-state index in [0.29, 0.717) is 18.3 Å². The Morgan fingerprint density at radius 3 is 2.60 bits per heavy atom. The molecule has 212 valence electrons. The lowest BCUT2D eigenvalue weighted by molar-refractivity contribution is -0.253. The average molecular weight is 546 g/mol. The smallest absolute Gasteiger partial charge is 0.319 e. The number of carbonyl (C=O) groups excluding carboxylic acids is 1. The number of anilines is 1. The standard InChI is InChI=1S/C32H39N3O5/c1-38-22-28-11-6-16-35(28)20-29-18-30(25-14-12-24(21-36)13-15-25)40-31(39-29)26-9-5-10-27(17-26)34-32(37)33-19-23-7-3-2-4-8-23/h2-5,7-10,12-15,17,28-31,36H,6,11,16,18-22H2,1H3,(H2,33,34,37)/t28-,29-,30+,31+/m0/s1. The second kappa shape index (κ2) is 13.9. The molecular weight excluding hydrogens is 506 g/mol. The first kappa shape index (κ1) is 28.3. The van der Waals surface area contributed by atoms with Crippen molar-refractivity contribution in [3.63, 3.8) is 0 Å². The third-order valence-corrected chi connectivity index (χ3v) is 7.62. The van der Waals surface area contributed by atoms with Crippen molar-refractivity contribution in [1.29, 1.82) is 0 Å². The minimum Gasteiger partial charge on any atom is -0.392 e. The van der Waals surface area contributed by atoms with E-state index in [9.17, 15) is 9.90 Å². The highest BCUT2D eigenvalue weighted by Crippen LogP contribution is 2.39. The predicted octanol–water partition coefficient (Wildman–Crippen LogP) is 5.16. The van der Waals surface area contributed by atoms with Crippen LogP contribution in [-0.4, -0.2) is 55.0 Å². The number of ether oxygens (including phenoxy) is 3. The van der Waals surface area contributed by atoms with Gasteiger partial charge in [0.25, 0.3) is 0 Å². The third-order valence-electron chi connectivity index (χ3n) is 7.62. The number of methoxy groups -OCH3 is 1. The molecule has 2 aliphatic rings. The van der Waals surface area contributed by atoms with E-state index in [1.54, 1.807) is 7.11 Å². The largest absolute Gasteiger partial charge is 0.392 e. The molecule has 2 aliphatic heterocycles. The van der Waals surface area contributed by atoms with Gasteiger partial charge in [0.05, 0.1) is 25.4 Å². The molecule has 5 rings (SSSR count). The van der Waals surface area contributed by atoms with Crippen LogP contribution in [0, 0.1) is 0 Å². The molecule has 8 heteroatoms. The van der Waals surface area contributed by atoms with E-state index in [0.717, 1.165) is 61.2 Å². The first-order valence-electron chi connectivity index (χ1n) is 14.0. The molecule has 3 aromatic carbocycles. The summed E-state index contributed by atoms with van der Waals surface area (Å²) in [6.07, 6.45) is 2.24. The maximum absolute atomic E-state index is 12.6. The summed E-state index contributed by atoms with van der Waals surface area (Å²) in [6, 6.07) is 25.5. The van der Waals surface area contributed by atoms with Crippen LogP contribution in [0.1, 0.15) is 53.9 Å². The Morgan fingerprint density at radius 2 is 1.82 bits per heavy atom. The molecule has 8 nitrogen and oxygen atoms in total. The van der Waals surface area contributed by atoms with Crippen LogP contribution in [0.3, 0.4) is 0 Å². The van der Waals surface area contributed by atoms with Crippen molar-refractivity contribution in [2.24, 2.45) is 0 Å². The highest BCUT2D eigenvalue weighted by atomic mass is 16.7. The van der Waals surface area contributed by atoms with Crippen LogP contribution >= 0.6 is 0 Å². The summed E-state index contributed by atoms with van der Waals surface area (Å²) in [4.78, 5) is 15.0. The summed E-state index contributed by atoms with van der Waals surface area (Å²) in [5, 5.41) is 15.3. The molecule has 0 aromatic heterocycles. The number of carbonyl (C=O) groups is 1. The fourth-order valence-corrected chi connectivity index (χ4v) is 5.53. The Kier molecular flexibility index (Phi) is 9.81. The van der Waals surface area contributed by atoms with Crippen molar-refractivity contribution in [2.75, 3.05) is 32.1 Å². The van der Waals surface area contributed by atoms with Crippen LogP contribution < -0.4 is 10.6 Å². The van der Waals surface area contributed by atoms with Gasteiger partial charge in [-0.2, -0.15) is 0 Å². The number of nitrogens with one attached hydrogen (secondary N) is 2. The molecule has 0 spiro atoms. The van der Waals surface area contributed by atoms with Gasteiger partial charge in [0.1, 0.15) is 0 Å². The molecule has 0 aliphatic carbocycles. The lowest BCUT2D eigenvalue weighted by Crippen LogP contribution is -2.42. The third kappa shape index (κ3) is 7.47. The molecule has 3 N–H and O–H groups in total. The summed E-state index contributed by atoms with van der Waals surface area (Å²) in [6.45, 7) is 3.01. The first-order chi connectivity index (χ1) is 19.6. The second-order valence-electron chi connectivity index (χ2n) is 10.5. The maximum atomic E-state index is 12.6. The number of urea groups is 1. The van der Waals surface area contributed by atoms with Crippen LogP contribution in [0.25, 0.3) is 0 Å². The zero-order valence-electron chi connectivity index (χ0n) is 23.0. The second-order valence-corrected chi connectivity index (χ2v) is 10.5. The van der Waals surface area contributed by atoms with Gasteiger partial charge in [0, 0.05) is 43.9 Å². The van der Waals surface area contributed by atoms with E-state index in [1.807, 2.05) is 78.9 Å². The number of likely N-dealkylation sites (tertiary alicyclic amines) is 1. The van der Waals surface area contributed by atoms with Crippen LogP contribution in [0.2, 0.25) is 0 Å². The van der Waals surface area contributed by atoms with Gasteiger partial charge in [-0.3, -0.25) is 4.90 Å². The van der Waals surface area contributed by atoms with Crippen LogP contribution in [-0.2, 0) is 27.4 Å². The molecule has 2 fully saturated rings. The molecule has 2 heterocycles. The van der Waals surface area contributed by atoms with Gasteiger partial charge in [0.15, 0.2) is 6.29 Å². The number of benzene rings is 3. The van der Waals surface area contributed by atoms with Crippen molar-refractivity contribution in [2.45, 2.75) is 57.0 Å². The van der Waals surface area contributed by atoms with E-state index in [4.69, 9.17) is 14.2 Å². The minimum atomic E-state index is -0.584. The van der Waals surface area contributed by atoms with Gasteiger partial charge in [-0.15, -0.1) is 0 Å². The van der Waals surface area contributed by atoms with E-state index in [2.05, 4.69) is 15.5 Å². The number of amides is 2. The van der Waals surface area contributed by atoms with Crippen LogP contribution in [0.5, 0.6) is 0 Å². The zero-order valence-corrected chi connectivity index (χ0v) is 23.0.